The summed E-state index contributed by atoms with van der Waals surface area (Å²) >= 11 is 5.92. The average molecular weight is 217 g/mol. The molecule has 3 nitrogen and oxygen atoms in total. The average Bonchev–Trinajstić information content (AvgIpc) is 2.15. The Kier molecular flexibility index (Phi) is 3.61. The highest BCUT2D eigenvalue weighted by molar-refractivity contribution is 6.32. The second-order valence-electron chi connectivity index (χ2n) is 3.00. The second-order valence-corrected chi connectivity index (χ2v) is 3.41. The molecule has 1 aromatic carbocycles. The number of halogens is 1. The molecule has 0 saturated carbocycles. The van der Waals surface area contributed by atoms with E-state index in [1.54, 1.807) is 13.0 Å². The summed E-state index contributed by atoms with van der Waals surface area (Å²) in [5.41, 5.74) is 1.24. The number of benzene rings is 1. The Morgan fingerprint density at radius 3 is 2.64 bits per heavy atom. The summed E-state index contributed by atoms with van der Waals surface area (Å²) in [4.78, 5) is 0. The third-order valence-corrected chi connectivity index (χ3v) is 2.38. The van der Waals surface area contributed by atoms with Crippen molar-refractivity contribution in [3.05, 3.63) is 22.2 Å². The van der Waals surface area contributed by atoms with Gasteiger partial charge in [-0.3, -0.25) is 0 Å². The van der Waals surface area contributed by atoms with Crippen molar-refractivity contribution in [3.8, 4) is 11.5 Å². The van der Waals surface area contributed by atoms with Gasteiger partial charge in [0.2, 0.25) is 0 Å². The molecule has 2 N–H and O–H groups in total. The number of phenolic OH excluding ortho intramolecular Hbond substituents is 1. The fourth-order valence-electron chi connectivity index (χ4n) is 1.38. The standard InChI is InChI=1S/C10H13ClO3/c1-6-9(13)7(3-4-12)5-8(11)10(6)14-2/h5,12-13H,3-4H2,1-2H3. The Morgan fingerprint density at radius 2 is 2.14 bits per heavy atom. The van der Waals surface area contributed by atoms with E-state index in [2.05, 4.69) is 0 Å². The number of aliphatic hydroxyl groups excluding tert-OH is 1. The third-order valence-electron chi connectivity index (χ3n) is 2.10. The maximum atomic E-state index is 9.72. The minimum atomic E-state index is -0.0182. The van der Waals surface area contributed by atoms with Crippen LogP contribution >= 0.6 is 11.6 Å². The van der Waals surface area contributed by atoms with E-state index in [0.29, 0.717) is 28.3 Å². The molecule has 0 spiro atoms. The Hall–Kier alpha value is -0.930. The molecule has 0 heterocycles. The summed E-state index contributed by atoms with van der Waals surface area (Å²) in [6.07, 6.45) is 0.385. The summed E-state index contributed by atoms with van der Waals surface area (Å²) in [6.45, 7) is 1.70. The lowest BCUT2D eigenvalue weighted by Gasteiger charge is -2.12. The van der Waals surface area contributed by atoms with Crippen molar-refractivity contribution in [1.82, 2.24) is 0 Å². The molecule has 4 heteroatoms. The number of hydrogen-bond acceptors (Lipinski definition) is 3. The number of rotatable bonds is 3. The van der Waals surface area contributed by atoms with Crippen LogP contribution in [-0.2, 0) is 6.42 Å². The quantitative estimate of drug-likeness (QED) is 0.812. The molecule has 1 rings (SSSR count). The maximum absolute atomic E-state index is 9.72. The topological polar surface area (TPSA) is 49.7 Å². The van der Waals surface area contributed by atoms with E-state index in [-0.39, 0.29) is 12.4 Å². The lowest BCUT2D eigenvalue weighted by Crippen LogP contribution is -1.96. The van der Waals surface area contributed by atoms with Gasteiger partial charge in [-0.05, 0) is 25.0 Å². The zero-order valence-electron chi connectivity index (χ0n) is 8.17. The van der Waals surface area contributed by atoms with Crippen LogP contribution in [0.2, 0.25) is 5.02 Å². The zero-order chi connectivity index (χ0) is 10.7. The highest BCUT2D eigenvalue weighted by atomic mass is 35.5. The molecule has 0 atom stereocenters. The van der Waals surface area contributed by atoms with Crippen LogP contribution in [0.4, 0.5) is 0 Å². The molecule has 0 aliphatic carbocycles. The van der Waals surface area contributed by atoms with Crippen LogP contribution in [0.25, 0.3) is 0 Å². The monoisotopic (exact) mass is 216 g/mol. The van der Waals surface area contributed by atoms with Crippen molar-refractivity contribution < 1.29 is 14.9 Å². The smallest absolute Gasteiger partial charge is 0.144 e. The normalized spacial score (nSPS) is 10.3. The molecule has 0 bridgehead atoms. The first kappa shape index (κ1) is 11.1. The number of ether oxygens (including phenoxy) is 1. The van der Waals surface area contributed by atoms with E-state index in [0.717, 1.165) is 0 Å². The minimum Gasteiger partial charge on any atom is -0.507 e. The fourth-order valence-corrected chi connectivity index (χ4v) is 1.73. The first-order valence-corrected chi connectivity index (χ1v) is 4.65. The molecule has 0 saturated heterocycles. The summed E-state index contributed by atoms with van der Waals surface area (Å²) in [5, 5.41) is 18.9. The predicted octanol–water partition coefficient (Wildman–Crippen LogP) is 1.90. The Balaban J connectivity index is 3.25. The van der Waals surface area contributed by atoms with Crippen LogP contribution in [0.1, 0.15) is 11.1 Å². The molecule has 0 aliphatic rings. The van der Waals surface area contributed by atoms with Gasteiger partial charge in [0.05, 0.1) is 12.1 Å². The van der Waals surface area contributed by atoms with Crippen molar-refractivity contribution in [1.29, 1.82) is 0 Å². The van der Waals surface area contributed by atoms with Crippen LogP contribution in [0.3, 0.4) is 0 Å². The zero-order valence-corrected chi connectivity index (χ0v) is 8.93. The first-order valence-electron chi connectivity index (χ1n) is 4.27. The van der Waals surface area contributed by atoms with Crippen molar-refractivity contribution in [2.75, 3.05) is 13.7 Å². The van der Waals surface area contributed by atoms with E-state index in [9.17, 15) is 5.11 Å². The number of aromatic hydroxyl groups is 1. The maximum Gasteiger partial charge on any atom is 0.144 e. The molecular formula is C10H13ClO3. The molecule has 78 valence electrons. The van der Waals surface area contributed by atoms with Gasteiger partial charge in [-0.15, -0.1) is 0 Å². The molecule has 1 aromatic rings. The Bertz CT molecular complexity index is 337. The van der Waals surface area contributed by atoms with Crippen LogP contribution in [0, 0.1) is 6.92 Å². The highest BCUT2D eigenvalue weighted by Gasteiger charge is 2.13. The Labute approximate surface area is 87.9 Å². The first-order chi connectivity index (χ1) is 6.61. The number of phenols is 1. The highest BCUT2D eigenvalue weighted by Crippen LogP contribution is 2.37. The molecule has 0 amide bonds. The second kappa shape index (κ2) is 4.53. The van der Waals surface area contributed by atoms with Crippen molar-refractivity contribution in [3.63, 3.8) is 0 Å². The predicted molar refractivity (Wildman–Crippen MR) is 55.2 cm³/mol. The van der Waals surface area contributed by atoms with Crippen LogP contribution in [-0.4, -0.2) is 23.9 Å². The van der Waals surface area contributed by atoms with Crippen LogP contribution in [0.5, 0.6) is 11.5 Å². The molecule has 0 aliphatic heterocycles. The van der Waals surface area contributed by atoms with Gasteiger partial charge in [0, 0.05) is 12.2 Å². The number of methoxy groups -OCH3 is 1. The van der Waals surface area contributed by atoms with E-state index < -0.39 is 0 Å². The van der Waals surface area contributed by atoms with Gasteiger partial charge >= 0.3 is 0 Å². The summed E-state index contributed by atoms with van der Waals surface area (Å²) in [7, 11) is 1.50. The fraction of sp³-hybridized carbons (Fsp3) is 0.400. The van der Waals surface area contributed by atoms with Gasteiger partial charge in [0.25, 0.3) is 0 Å². The molecule has 14 heavy (non-hydrogen) atoms. The minimum absolute atomic E-state index is 0.0182. The van der Waals surface area contributed by atoms with E-state index in [1.807, 2.05) is 0 Å². The largest absolute Gasteiger partial charge is 0.507 e. The molecule has 0 aromatic heterocycles. The van der Waals surface area contributed by atoms with Gasteiger partial charge in [0.1, 0.15) is 11.5 Å². The number of hydrogen-bond donors (Lipinski definition) is 2. The lowest BCUT2D eigenvalue weighted by atomic mass is 10.1. The third kappa shape index (κ3) is 1.94. The van der Waals surface area contributed by atoms with Crippen molar-refractivity contribution in [2.24, 2.45) is 0 Å². The van der Waals surface area contributed by atoms with E-state index in [4.69, 9.17) is 21.4 Å². The van der Waals surface area contributed by atoms with Crippen molar-refractivity contribution >= 4 is 11.6 Å². The van der Waals surface area contributed by atoms with Gasteiger partial charge < -0.3 is 14.9 Å². The number of aliphatic hydroxyl groups is 1. The van der Waals surface area contributed by atoms with Gasteiger partial charge in [0.15, 0.2) is 0 Å². The molecule has 0 radical (unpaired) electrons. The molecule has 0 fully saturated rings. The summed E-state index contributed by atoms with van der Waals surface area (Å²) in [6, 6.07) is 1.61. The van der Waals surface area contributed by atoms with E-state index >= 15 is 0 Å². The lowest BCUT2D eigenvalue weighted by molar-refractivity contribution is 0.297. The van der Waals surface area contributed by atoms with Crippen molar-refractivity contribution in [2.45, 2.75) is 13.3 Å². The SMILES string of the molecule is COc1c(Cl)cc(CCO)c(O)c1C. The van der Waals surface area contributed by atoms with Gasteiger partial charge in [-0.25, -0.2) is 0 Å². The Morgan fingerprint density at radius 1 is 1.50 bits per heavy atom. The summed E-state index contributed by atoms with van der Waals surface area (Å²) < 4.78 is 5.04. The summed E-state index contributed by atoms with van der Waals surface area (Å²) in [5.74, 6) is 0.617. The van der Waals surface area contributed by atoms with Gasteiger partial charge in [-0.1, -0.05) is 11.6 Å². The molecule has 0 unspecified atom stereocenters. The van der Waals surface area contributed by atoms with Crippen LogP contribution in [0.15, 0.2) is 6.07 Å². The van der Waals surface area contributed by atoms with Gasteiger partial charge in [-0.2, -0.15) is 0 Å². The van der Waals surface area contributed by atoms with E-state index in [1.165, 1.54) is 7.11 Å². The van der Waals surface area contributed by atoms with Crippen LogP contribution < -0.4 is 4.74 Å². The molecular weight excluding hydrogens is 204 g/mol.